The van der Waals surface area contributed by atoms with Crippen molar-refractivity contribution >= 4 is 53.0 Å². The fourth-order valence-corrected chi connectivity index (χ4v) is 4.81. The topological polar surface area (TPSA) is 150 Å². The van der Waals surface area contributed by atoms with E-state index in [1.54, 1.807) is 12.1 Å². The van der Waals surface area contributed by atoms with Gasteiger partial charge in [-0.3, -0.25) is 14.4 Å². The van der Waals surface area contributed by atoms with Gasteiger partial charge in [0.1, 0.15) is 11.8 Å². The Morgan fingerprint density at radius 2 is 1.94 bits per heavy atom. The predicted octanol–water partition coefficient (Wildman–Crippen LogP) is 1.82. The molecular weight excluding hydrogens is 511 g/mol. The highest BCUT2D eigenvalue weighted by Crippen LogP contribution is 2.45. The minimum atomic E-state index is -1.38. The maximum atomic E-state index is 12.8. The second-order valence-electron chi connectivity index (χ2n) is 8.66. The van der Waals surface area contributed by atoms with Crippen molar-refractivity contribution in [3.8, 4) is 0 Å². The second-order valence-corrected chi connectivity index (χ2v) is 9.47. The number of piperidine rings is 1. The highest BCUT2D eigenvalue weighted by Gasteiger charge is 2.50. The van der Waals surface area contributed by atoms with E-state index in [0.29, 0.717) is 17.2 Å². The van der Waals surface area contributed by atoms with Gasteiger partial charge in [-0.25, -0.2) is 4.79 Å². The third-order valence-electron chi connectivity index (χ3n) is 6.11. The largest absolute Gasteiger partial charge is 0.480 e. The molecule has 4 atom stereocenters. The van der Waals surface area contributed by atoms with Crippen molar-refractivity contribution in [1.29, 1.82) is 0 Å². The van der Waals surface area contributed by atoms with Crippen LogP contribution in [0.1, 0.15) is 28.1 Å². The monoisotopic (exact) mass is 534 g/mol. The molecule has 1 aromatic heterocycles. The summed E-state index contributed by atoms with van der Waals surface area (Å²) in [5.74, 6) is -1.46. The van der Waals surface area contributed by atoms with Gasteiger partial charge in [0.15, 0.2) is 0 Å². The molecule has 0 spiro atoms. The second kappa shape index (κ2) is 11.2. The molecule has 1 aliphatic heterocycles. The average Bonchev–Trinajstić information content (AvgIpc) is 3.21. The molecule has 12 heteroatoms. The summed E-state index contributed by atoms with van der Waals surface area (Å²) >= 11 is 12.5. The van der Waals surface area contributed by atoms with Crippen molar-refractivity contribution in [2.24, 2.45) is 11.8 Å². The molecule has 190 valence electrons. The maximum absolute atomic E-state index is 12.8. The van der Waals surface area contributed by atoms with Crippen LogP contribution in [-0.4, -0.2) is 54.0 Å². The number of rotatable bonds is 10. The van der Waals surface area contributed by atoms with Crippen LogP contribution in [-0.2, 0) is 20.9 Å². The Hall–Kier alpha value is -3.34. The number of hydrogen-bond donors (Lipinski definition) is 5. The van der Waals surface area contributed by atoms with Crippen LogP contribution < -0.4 is 21.3 Å². The summed E-state index contributed by atoms with van der Waals surface area (Å²) in [5.41, 5.74) is 0.424. The van der Waals surface area contributed by atoms with Crippen molar-refractivity contribution in [2.75, 3.05) is 13.1 Å². The van der Waals surface area contributed by atoms with E-state index in [4.69, 9.17) is 27.6 Å². The Kier molecular flexibility index (Phi) is 7.97. The smallest absolute Gasteiger partial charge is 0.328 e. The number of halogens is 2. The van der Waals surface area contributed by atoms with Crippen LogP contribution >= 0.6 is 23.2 Å². The van der Waals surface area contributed by atoms with Crippen molar-refractivity contribution in [3.63, 3.8) is 0 Å². The summed E-state index contributed by atoms with van der Waals surface area (Å²) in [6.45, 7) is 0.573. The number of amides is 3. The Morgan fingerprint density at radius 1 is 1.19 bits per heavy atom. The fraction of sp³-hybridized carbons (Fsp3) is 0.333. The van der Waals surface area contributed by atoms with Crippen molar-refractivity contribution < 1.29 is 28.7 Å². The molecule has 1 unspecified atom stereocenters. The molecule has 1 saturated heterocycles. The van der Waals surface area contributed by atoms with E-state index in [0.717, 1.165) is 13.0 Å². The lowest BCUT2D eigenvalue weighted by Crippen LogP contribution is -2.51. The Balaban J connectivity index is 1.32. The summed E-state index contributed by atoms with van der Waals surface area (Å²) in [7, 11) is 0. The number of aliphatic carboxylic acids is 1. The zero-order valence-corrected chi connectivity index (χ0v) is 20.4. The maximum Gasteiger partial charge on any atom is 0.328 e. The summed E-state index contributed by atoms with van der Waals surface area (Å²) in [4.78, 5) is 48.8. The lowest BCUT2D eigenvalue weighted by atomic mass is 10.1. The van der Waals surface area contributed by atoms with Gasteiger partial charge in [0.25, 0.3) is 5.91 Å². The van der Waals surface area contributed by atoms with E-state index in [1.807, 2.05) is 0 Å². The first kappa shape index (κ1) is 25.7. The Morgan fingerprint density at radius 3 is 2.53 bits per heavy atom. The van der Waals surface area contributed by atoms with Gasteiger partial charge in [0.2, 0.25) is 11.8 Å². The van der Waals surface area contributed by atoms with Gasteiger partial charge in [-0.2, -0.15) is 0 Å². The standard InChI is InChI=1S/C24H24Cl2N4O6/c25-16-6-12(9-27-19(31)4-3-14-2-1-5-36-14)7-17(26)20(16)22(32)30-18(24(34)35)11-29-23(33)21-15-8-13(15)10-28-21/h1-7,13,15,18,21,28H,8-11H2,(H,27,31)(H,29,33)(H,30,32)(H,34,35)/b4-3+/t13-,15+,18+,21?/m1/s1. The molecule has 0 radical (unpaired) electrons. The molecule has 2 heterocycles. The van der Waals surface area contributed by atoms with Crippen LogP contribution in [0.25, 0.3) is 6.08 Å². The molecule has 1 saturated carbocycles. The third kappa shape index (κ3) is 6.26. The zero-order chi connectivity index (χ0) is 25.8. The minimum absolute atomic E-state index is 0.0153. The van der Waals surface area contributed by atoms with Crippen molar-refractivity contribution in [1.82, 2.24) is 21.3 Å². The number of carbonyl (C=O) groups excluding carboxylic acids is 3. The Bertz CT molecular complexity index is 1180. The normalized spacial score (nSPS) is 21.0. The number of nitrogens with one attached hydrogen (secondary N) is 4. The van der Waals surface area contributed by atoms with Crippen LogP contribution in [0.4, 0.5) is 0 Å². The lowest BCUT2D eigenvalue weighted by molar-refractivity contribution is -0.139. The molecule has 2 fully saturated rings. The molecule has 3 amide bonds. The molecule has 1 aliphatic carbocycles. The SMILES string of the molecule is O=C(/C=C/c1ccco1)NCc1cc(Cl)c(C(=O)N[C@@H](CNC(=O)C2NC[C@H]3C[C@H]23)C(=O)O)c(Cl)c1. The summed E-state index contributed by atoms with van der Waals surface area (Å²) in [6.07, 6.45) is 5.30. The van der Waals surface area contributed by atoms with Gasteiger partial charge in [-0.05, 0) is 60.7 Å². The van der Waals surface area contributed by atoms with Gasteiger partial charge in [0, 0.05) is 19.2 Å². The molecule has 4 rings (SSSR count). The highest BCUT2D eigenvalue weighted by atomic mass is 35.5. The fourth-order valence-electron chi connectivity index (χ4n) is 4.11. The number of carboxylic acid groups (broad SMARTS) is 1. The summed E-state index contributed by atoms with van der Waals surface area (Å²) in [5, 5.41) is 20.2. The number of carboxylic acids is 1. The van der Waals surface area contributed by atoms with Gasteiger partial charge in [0.05, 0.1) is 27.9 Å². The zero-order valence-electron chi connectivity index (χ0n) is 18.9. The van der Waals surface area contributed by atoms with Crippen LogP contribution in [0.5, 0.6) is 0 Å². The number of furan rings is 1. The molecule has 36 heavy (non-hydrogen) atoms. The molecular formula is C24H24Cl2N4O6. The molecule has 2 aliphatic rings. The van der Waals surface area contributed by atoms with E-state index in [1.165, 1.54) is 30.5 Å². The molecule has 10 nitrogen and oxygen atoms in total. The summed E-state index contributed by atoms with van der Waals surface area (Å²) < 4.78 is 5.11. The van der Waals surface area contributed by atoms with Gasteiger partial charge in [-0.15, -0.1) is 0 Å². The van der Waals surface area contributed by atoms with Crippen LogP contribution in [0.3, 0.4) is 0 Å². The number of fused-ring (bicyclic) bond motifs is 1. The van der Waals surface area contributed by atoms with E-state index in [9.17, 15) is 24.3 Å². The highest BCUT2D eigenvalue weighted by molar-refractivity contribution is 6.39. The van der Waals surface area contributed by atoms with Crippen LogP contribution in [0, 0.1) is 11.8 Å². The van der Waals surface area contributed by atoms with E-state index in [-0.39, 0.29) is 52.5 Å². The number of hydrogen-bond acceptors (Lipinski definition) is 6. The minimum Gasteiger partial charge on any atom is -0.480 e. The van der Waals surface area contributed by atoms with Crippen LogP contribution in [0.2, 0.25) is 10.0 Å². The third-order valence-corrected chi connectivity index (χ3v) is 6.71. The quantitative estimate of drug-likeness (QED) is 0.292. The van der Waals surface area contributed by atoms with Crippen molar-refractivity contribution in [3.05, 3.63) is 63.5 Å². The Labute approximate surface area is 216 Å². The molecule has 2 aromatic rings. The lowest BCUT2D eigenvalue weighted by Gasteiger charge is -2.19. The molecule has 5 N–H and O–H groups in total. The van der Waals surface area contributed by atoms with E-state index < -0.39 is 17.9 Å². The van der Waals surface area contributed by atoms with Gasteiger partial charge in [-0.1, -0.05) is 23.2 Å². The van der Waals surface area contributed by atoms with Gasteiger partial charge >= 0.3 is 5.97 Å². The first-order valence-electron chi connectivity index (χ1n) is 11.2. The summed E-state index contributed by atoms with van der Waals surface area (Å²) in [6, 6.07) is 4.58. The average molecular weight is 535 g/mol. The molecule has 0 bridgehead atoms. The number of carbonyl (C=O) groups is 4. The predicted molar refractivity (Wildman–Crippen MR) is 131 cm³/mol. The molecule has 1 aromatic carbocycles. The first-order valence-corrected chi connectivity index (χ1v) is 12.0. The van der Waals surface area contributed by atoms with E-state index >= 15 is 0 Å². The van der Waals surface area contributed by atoms with E-state index in [2.05, 4.69) is 21.3 Å². The van der Waals surface area contributed by atoms with Crippen molar-refractivity contribution in [2.45, 2.75) is 25.0 Å². The van der Waals surface area contributed by atoms with Gasteiger partial charge < -0.3 is 30.8 Å². The number of benzene rings is 1. The van der Waals surface area contributed by atoms with Crippen LogP contribution in [0.15, 0.2) is 41.0 Å². The first-order chi connectivity index (χ1) is 17.2.